The second kappa shape index (κ2) is 4.59. The van der Waals surface area contributed by atoms with E-state index in [1.54, 1.807) is 31.2 Å². The Hall–Kier alpha value is -1.88. The van der Waals surface area contributed by atoms with E-state index in [0.717, 1.165) is 0 Å². The molecule has 106 valence electrons. The molecule has 1 heterocycles. The smallest absolute Gasteiger partial charge is 0.338 e. The Labute approximate surface area is 116 Å². The lowest BCUT2D eigenvalue weighted by Crippen LogP contribution is -2.31. The summed E-state index contributed by atoms with van der Waals surface area (Å²) in [7, 11) is 0. The fourth-order valence-electron chi connectivity index (χ4n) is 3.12. The van der Waals surface area contributed by atoms with E-state index in [1.165, 1.54) is 0 Å². The zero-order valence-electron chi connectivity index (χ0n) is 11.1. The number of benzene rings is 1. The SMILES string of the molecule is C[C@]12C[C@@H](OC(=O)c3ccccc3)[C@@H](O)[C@H]1CC(=O)O2. The van der Waals surface area contributed by atoms with Crippen LogP contribution < -0.4 is 0 Å². The van der Waals surface area contributed by atoms with E-state index >= 15 is 0 Å². The molecular weight excluding hydrogens is 260 g/mol. The summed E-state index contributed by atoms with van der Waals surface area (Å²) < 4.78 is 10.6. The summed E-state index contributed by atoms with van der Waals surface area (Å²) in [6.07, 6.45) is -0.981. The van der Waals surface area contributed by atoms with Gasteiger partial charge in [-0.05, 0) is 19.1 Å². The van der Waals surface area contributed by atoms with E-state index in [9.17, 15) is 14.7 Å². The third kappa shape index (κ3) is 2.08. The molecule has 1 saturated carbocycles. The number of aliphatic hydroxyl groups excluding tert-OH is 1. The number of esters is 2. The molecule has 3 rings (SSSR count). The summed E-state index contributed by atoms with van der Waals surface area (Å²) in [6, 6.07) is 8.63. The molecule has 1 aliphatic heterocycles. The summed E-state index contributed by atoms with van der Waals surface area (Å²) in [5.74, 6) is -1.07. The lowest BCUT2D eigenvalue weighted by molar-refractivity contribution is -0.148. The minimum Gasteiger partial charge on any atom is -0.459 e. The number of rotatable bonds is 2. The van der Waals surface area contributed by atoms with Crippen molar-refractivity contribution in [2.45, 2.75) is 37.6 Å². The molecule has 0 amide bonds. The predicted molar refractivity (Wildman–Crippen MR) is 68.9 cm³/mol. The first kappa shape index (κ1) is 13.1. The van der Waals surface area contributed by atoms with Gasteiger partial charge >= 0.3 is 11.9 Å². The second-order valence-corrected chi connectivity index (χ2v) is 5.60. The van der Waals surface area contributed by atoms with Crippen LogP contribution in [-0.2, 0) is 14.3 Å². The van der Waals surface area contributed by atoms with Gasteiger partial charge in [-0.3, -0.25) is 4.79 Å². The van der Waals surface area contributed by atoms with Crippen LogP contribution in [0.1, 0.15) is 30.1 Å². The summed E-state index contributed by atoms with van der Waals surface area (Å²) in [5, 5.41) is 10.2. The van der Waals surface area contributed by atoms with E-state index in [-0.39, 0.29) is 18.3 Å². The van der Waals surface area contributed by atoms with Crippen LogP contribution in [0.4, 0.5) is 0 Å². The standard InChI is InChI=1S/C15H16O5/c1-15-8-11(13(17)10(15)7-12(16)20-15)19-14(18)9-5-3-2-4-6-9/h2-6,10-11,13,17H,7-8H2,1H3/t10-,11-,13+,15+/m1/s1. The van der Waals surface area contributed by atoms with E-state index in [1.807, 2.05) is 6.07 Å². The number of hydrogen-bond donors (Lipinski definition) is 1. The molecule has 2 aliphatic rings. The number of hydrogen-bond acceptors (Lipinski definition) is 5. The minimum atomic E-state index is -0.862. The Kier molecular flexibility index (Phi) is 3.01. The van der Waals surface area contributed by atoms with Gasteiger partial charge in [-0.2, -0.15) is 0 Å². The van der Waals surface area contributed by atoms with Gasteiger partial charge in [0, 0.05) is 12.3 Å². The van der Waals surface area contributed by atoms with Gasteiger partial charge in [0.15, 0.2) is 0 Å². The molecule has 5 heteroatoms. The van der Waals surface area contributed by atoms with E-state index in [4.69, 9.17) is 9.47 Å². The summed E-state index contributed by atoms with van der Waals surface area (Å²) in [5.41, 5.74) is -0.281. The van der Waals surface area contributed by atoms with Crippen molar-refractivity contribution in [3.8, 4) is 0 Å². The maximum Gasteiger partial charge on any atom is 0.338 e. The highest BCUT2D eigenvalue weighted by Gasteiger charge is 2.59. The molecule has 0 unspecified atom stereocenters. The van der Waals surface area contributed by atoms with Crippen molar-refractivity contribution in [3.05, 3.63) is 35.9 Å². The molecule has 0 radical (unpaired) electrons. The van der Waals surface area contributed by atoms with Gasteiger partial charge in [-0.1, -0.05) is 18.2 Å². The number of aliphatic hydroxyl groups is 1. The number of carbonyl (C=O) groups excluding carboxylic acids is 2. The molecule has 0 aromatic heterocycles. The van der Waals surface area contributed by atoms with Gasteiger partial charge in [-0.25, -0.2) is 4.79 Å². The average molecular weight is 276 g/mol. The second-order valence-electron chi connectivity index (χ2n) is 5.60. The Balaban J connectivity index is 1.71. The van der Waals surface area contributed by atoms with Crippen molar-refractivity contribution in [2.75, 3.05) is 0 Å². The number of carbonyl (C=O) groups is 2. The number of fused-ring (bicyclic) bond motifs is 1. The molecule has 1 aliphatic carbocycles. The van der Waals surface area contributed by atoms with E-state index in [0.29, 0.717) is 12.0 Å². The zero-order valence-corrected chi connectivity index (χ0v) is 11.1. The fourth-order valence-corrected chi connectivity index (χ4v) is 3.12. The monoisotopic (exact) mass is 276 g/mol. The van der Waals surface area contributed by atoms with Gasteiger partial charge in [0.1, 0.15) is 11.7 Å². The lowest BCUT2D eigenvalue weighted by Gasteiger charge is -2.21. The highest BCUT2D eigenvalue weighted by atomic mass is 16.6. The molecule has 1 saturated heterocycles. The fraction of sp³-hybridized carbons (Fsp3) is 0.467. The van der Waals surface area contributed by atoms with Crippen LogP contribution in [0.15, 0.2) is 30.3 Å². The van der Waals surface area contributed by atoms with Gasteiger partial charge < -0.3 is 14.6 Å². The molecule has 1 N–H and O–H groups in total. The van der Waals surface area contributed by atoms with Crippen molar-refractivity contribution < 1.29 is 24.2 Å². The van der Waals surface area contributed by atoms with Crippen molar-refractivity contribution in [2.24, 2.45) is 5.92 Å². The molecule has 1 aromatic carbocycles. The summed E-state index contributed by atoms with van der Waals surface area (Å²) in [4.78, 5) is 23.3. The Morgan fingerprint density at radius 3 is 2.75 bits per heavy atom. The maximum absolute atomic E-state index is 12.0. The highest BCUT2D eigenvalue weighted by molar-refractivity contribution is 5.89. The van der Waals surface area contributed by atoms with Crippen LogP contribution in [0.5, 0.6) is 0 Å². The lowest BCUT2D eigenvalue weighted by atomic mass is 9.92. The van der Waals surface area contributed by atoms with E-state index < -0.39 is 23.8 Å². The van der Waals surface area contributed by atoms with Crippen molar-refractivity contribution in [3.63, 3.8) is 0 Å². The Morgan fingerprint density at radius 1 is 1.40 bits per heavy atom. The Bertz CT molecular complexity index is 540. The minimum absolute atomic E-state index is 0.178. The van der Waals surface area contributed by atoms with Gasteiger partial charge in [0.25, 0.3) is 0 Å². The van der Waals surface area contributed by atoms with Crippen LogP contribution in [0.3, 0.4) is 0 Å². The van der Waals surface area contributed by atoms with Gasteiger partial charge in [0.05, 0.1) is 18.1 Å². The molecule has 2 fully saturated rings. The molecule has 0 bridgehead atoms. The maximum atomic E-state index is 12.0. The van der Waals surface area contributed by atoms with Gasteiger partial charge in [-0.15, -0.1) is 0 Å². The molecular formula is C15H16O5. The van der Waals surface area contributed by atoms with Crippen molar-refractivity contribution >= 4 is 11.9 Å². The molecule has 20 heavy (non-hydrogen) atoms. The number of ether oxygens (including phenoxy) is 2. The first-order chi connectivity index (χ1) is 9.49. The third-order valence-corrected chi connectivity index (χ3v) is 4.19. The highest BCUT2D eigenvalue weighted by Crippen LogP contribution is 2.46. The van der Waals surface area contributed by atoms with Crippen LogP contribution in [0, 0.1) is 5.92 Å². The van der Waals surface area contributed by atoms with Crippen molar-refractivity contribution in [1.82, 2.24) is 0 Å². The summed E-state index contributed by atoms with van der Waals surface area (Å²) >= 11 is 0. The van der Waals surface area contributed by atoms with Crippen LogP contribution in [0.2, 0.25) is 0 Å². The molecule has 0 spiro atoms. The molecule has 5 nitrogen and oxygen atoms in total. The zero-order chi connectivity index (χ0) is 14.3. The van der Waals surface area contributed by atoms with Crippen LogP contribution in [0.25, 0.3) is 0 Å². The quantitative estimate of drug-likeness (QED) is 0.824. The third-order valence-electron chi connectivity index (χ3n) is 4.19. The topological polar surface area (TPSA) is 72.8 Å². The molecule has 4 atom stereocenters. The molecule has 1 aromatic rings. The van der Waals surface area contributed by atoms with Crippen molar-refractivity contribution in [1.29, 1.82) is 0 Å². The van der Waals surface area contributed by atoms with Gasteiger partial charge in [0.2, 0.25) is 0 Å². The van der Waals surface area contributed by atoms with Crippen LogP contribution in [-0.4, -0.2) is 34.9 Å². The Morgan fingerprint density at radius 2 is 2.10 bits per heavy atom. The average Bonchev–Trinajstić information content (AvgIpc) is 2.83. The largest absolute Gasteiger partial charge is 0.459 e. The van der Waals surface area contributed by atoms with E-state index in [2.05, 4.69) is 0 Å². The predicted octanol–water partition coefficient (Wildman–Crippen LogP) is 1.30. The van der Waals surface area contributed by atoms with Crippen LogP contribution >= 0.6 is 0 Å². The normalized spacial score (nSPS) is 35.5. The first-order valence-corrected chi connectivity index (χ1v) is 6.65. The summed E-state index contributed by atoms with van der Waals surface area (Å²) in [6.45, 7) is 1.78. The first-order valence-electron chi connectivity index (χ1n) is 6.65.